The summed E-state index contributed by atoms with van der Waals surface area (Å²) in [5.74, 6) is 0.250. The molecule has 3 rings (SSSR count). The molecule has 0 radical (unpaired) electrons. The van der Waals surface area contributed by atoms with E-state index in [1.54, 1.807) is 17.5 Å². The fourth-order valence-electron chi connectivity index (χ4n) is 3.39. The van der Waals surface area contributed by atoms with Crippen molar-refractivity contribution >= 4 is 33.0 Å². The van der Waals surface area contributed by atoms with Gasteiger partial charge in [-0.25, -0.2) is 8.42 Å². The Morgan fingerprint density at radius 2 is 1.71 bits per heavy atom. The molecule has 6 nitrogen and oxygen atoms in total. The summed E-state index contributed by atoms with van der Waals surface area (Å²) in [6.45, 7) is 7.91. The average Bonchev–Trinajstić information content (AvgIpc) is 3.23. The van der Waals surface area contributed by atoms with Crippen molar-refractivity contribution in [3.63, 3.8) is 0 Å². The lowest BCUT2D eigenvalue weighted by molar-refractivity contribution is -0.121. The first-order valence-electron chi connectivity index (χ1n) is 9.48. The van der Waals surface area contributed by atoms with Gasteiger partial charge in [0.1, 0.15) is 4.21 Å². The second-order valence-corrected chi connectivity index (χ2v) is 10.4. The van der Waals surface area contributed by atoms with Crippen molar-refractivity contribution in [3.05, 3.63) is 47.3 Å². The molecule has 8 heteroatoms. The Morgan fingerprint density at radius 3 is 2.32 bits per heavy atom. The second-order valence-electron chi connectivity index (χ2n) is 7.28. The highest BCUT2D eigenvalue weighted by molar-refractivity contribution is 7.91. The Morgan fingerprint density at radius 1 is 1.04 bits per heavy atom. The van der Waals surface area contributed by atoms with E-state index in [9.17, 15) is 13.2 Å². The van der Waals surface area contributed by atoms with Crippen LogP contribution in [-0.2, 0) is 14.8 Å². The minimum absolute atomic E-state index is 0.0670. The van der Waals surface area contributed by atoms with E-state index >= 15 is 0 Å². The minimum atomic E-state index is -3.43. The summed E-state index contributed by atoms with van der Waals surface area (Å²) < 4.78 is 27.2. The summed E-state index contributed by atoms with van der Waals surface area (Å²) in [6, 6.07) is 10.9. The number of hydrogen-bond donors (Lipinski definition) is 1. The van der Waals surface area contributed by atoms with E-state index in [1.807, 2.05) is 36.1 Å². The van der Waals surface area contributed by atoms with Crippen LogP contribution in [-0.4, -0.2) is 55.8 Å². The van der Waals surface area contributed by atoms with Crippen LogP contribution < -0.4 is 5.32 Å². The first-order valence-corrected chi connectivity index (χ1v) is 11.8. The highest BCUT2D eigenvalue weighted by Crippen LogP contribution is 2.25. The van der Waals surface area contributed by atoms with E-state index < -0.39 is 10.0 Å². The lowest BCUT2D eigenvalue weighted by atomic mass is 10.0. The Balaban J connectivity index is 1.61. The van der Waals surface area contributed by atoms with Gasteiger partial charge in [0, 0.05) is 31.9 Å². The molecule has 1 N–H and O–H groups in total. The number of amides is 1. The van der Waals surface area contributed by atoms with Gasteiger partial charge in [-0.15, -0.1) is 11.3 Å². The lowest BCUT2D eigenvalue weighted by Gasteiger charge is -2.36. The molecular formula is C20H27N3O3S2. The molecule has 0 unspecified atom stereocenters. The number of rotatable bonds is 6. The average molecular weight is 422 g/mol. The van der Waals surface area contributed by atoms with Crippen LogP contribution in [0, 0.1) is 0 Å². The number of sulfonamides is 1. The zero-order chi connectivity index (χ0) is 20.3. The molecule has 1 atom stereocenters. The van der Waals surface area contributed by atoms with Crippen LogP contribution in [0.3, 0.4) is 0 Å². The molecule has 1 aromatic heterocycles. The number of thiophene rings is 1. The number of nitrogens with zero attached hydrogens (tertiary/aromatic N) is 2. The second kappa shape index (κ2) is 8.73. The molecule has 2 heterocycles. The van der Waals surface area contributed by atoms with E-state index in [0.717, 1.165) is 11.3 Å². The van der Waals surface area contributed by atoms with Gasteiger partial charge in [0.2, 0.25) is 5.91 Å². The Kier molecular flexibility index (Phi) is 6.54. The monoisotopic (exact) mass is 421 g/mol. The van der Waals surface area contributed by atoms with Crippen molar-refractivity contribution < 1.29 is 13.2 Å². The van der Waals surface area contributed by atoms with E-state index in [2.05, 4.69) is 19.2 Å². The van der Waals surface area contributed by atoms with Gasteiger partial charge in [0.15, 0.2) is 0 Å². The minimum Gasteiger partial charge on any atom is -0.324 e. The van der Waals surface area contributed by atoms with Gasteiger partial charge < -0.3 is 5.32 Å². The highest BCUT2D eigenvalue weighted by atomic mass is 32.2. The van der Waals surface area contributed by atoms with Crippen molar-refractivity contribution in [2.45, 2.75) is 36.9 Å². The summed E-state index contributed by atoms with van der Waals surface area (Å²) in [7, 11) is -3.43. The first kappa shape index (κ1) is 21.0. The summed E-state index contributed by atoms with van der Waals surface area (Å²) in [6.07, 6.45) is 0. The fourth-order valence-corrected chi connectivity index (χ4v) is 5.95. The molecule has 1 aliphatic heterocycles. The largest absolute Gasteiger partial charge is 0.324 e. The van der Waals surface area contributed by atoms with Gasteiger partial charge in [-0.3, -0.25) is 9.69 Å². The standard InChI is InChI=1S/C20H27N3O3S2/c1-15(2)17-7-4-5-8-18(17)21-20(24)16(3)22-10-12-23(13-11-22)28(25,26)19-9-6-14-27-19/h4-9,14-16H,10-13H2,1-3H3,(H,21,24)/t16-/m1/s1. The molecule has 0 spiro atoms. The molecule has 1 aromatic carbocycles. The van der Waals surface area contributed by atoms with Gasteiger partial charge >= 0.3 is 0 Å². The van der Waals surface area contributed by atoms with Crippen molar-refractivity contribution in [2.75, 3.05) is 31.5 Å². The quantitative estimate of drug-likeness (QED) is 0.778. The maximum absolute atomic E-state index is 12.8. The van der Waals surface area contributed by atoms with Crippen LogP contribution in [0.4, 0.5) is 5.69 Å². The summed E-state index contributed by atoms with van der Waals surface area (Å²) in [5, 5.41) is 4.81. The maximum Gasteiger partial charge on any atom is 0.252 e. The van der Waals surface area contributed by atoms with Crippen LogP contribution in [0.15, 0.2) is 46.0 Å². The van der Waals surface area contributed by atoms with E-state index in [-0.39, 0.29) is 11.9 Å². The predicted molar refractivity (Wildman–Crippen MR) is 113 cm³/mol. The number of anilines is 1. The number of benzene rings is 1. The van der Waals surface area contributed by atoms with Crippen molar-refractivity contribution in [1.29, 1.82) is 0 Å². The van der Waals surface area contributed by atoms with Gasteiger partial charge in [0.05, 0.1) is 6.04 Å². The van der Waals surface area contributed by atoms with Crippen molar-refractivity contribution in [3.8, 4) is 0 Å². The lowest BCUT2D eigenvalue weighted by Crippen LogP contribution is -2.53. The molecule has 2 aromatic rings. The normalized spacial score (nSPS) is 17.6. The topological polar surface area (TPSA) is 69.7 Å². The molecule has 0 bridgehead atoms. The molecule has 152 valence electrons. The molecular weight excluding hydrogens is 394 g/mol. The first-order chi connectivity index (χ1) is 13.3. The van der Waals surface area contributed by atoms with Crippen LogP contribution in [0.5, 0.6) is 0 Å². The SMILES string of the molecule is CC(C)c1ccccc1NC(=O)[C@@H](C)N1CCN(S(=O)(=O)c2cccs2)CC1. The third kappa shape index (κ3) is 4.46. The van der Waals surface area contributed by atoms with Gasteiger partial charge in [-0.2, -0.15) is 4.31 Å². The molecule has 1 aliphatic rings. The molecule has 0 saturated carbocycles. The number of nitrogens with one attached hydrogen (secondary N) is 1. The summed E-state index contributed by atoms with van der Waals surface area (Å²) in [4.78, 5) is 14.8. The van der Waals surface area contributed by atoms with Crippen molar-refractivity contribution in [1.82, 2.24) is 9.21 Å². The smallest absolute Gasteiger partial charge is 0.252 e. The van der Waals surface area contributed by atoms with E-state index in [4.69, 9.17) is 0 Å². The summed E-state index contributed by atoms with van der Waals surface area (Å²) >= 11 is 1.23. The predicted octanol–water partition coefficient (Wildman–Crippen LogP) is 3.21. The number of para-hydroxylation sites is 1. The van der Waals surface area contributed by atoms with E-state index in [0.29, 0.717) is 36.3 Å². The Bertz CT molecular complexity index is 903. The Hall–Kier alpha value is -1.74. The maximum atomic E-state index is 12.8. The Labute approximate surface area is 171 Å². The number of carbonyl (C=O) groups excluding carboxylic acids is 1. The van der Waals surface area contributed by atoms with Gasteiger partial charge in [0.25, 0.3) is 10.0 Å². The highest BCUT2D eigenvalue weighted by Gasteiger charge is 2.32. The number of piperazine rings is 1. The van der Waals surface area contributed by atoms with Crippen LogP contribution >= 0.6 is 11.3 Å². The number of hydrogen-bond acceptors (Lipinski definition) is 5. The number of carbonyl (C=O) groups is 1. The van der Waals surface area contributed by atoms with Crippen LogP contribution in [0.1, 0.15) is 32.3 Å². The van der Waals surface area contributed by atoms with E-state index in [1.165, 1.54) is 15.6 Å². The molecule has 1 saturated heterocycles. The van der Waals surface area contributed by atoms with Gasteiger partial charge in [-0.05, 0) is 35.9 Å². The van der Waals surface area contributed by atoms with Crippen molar-refractivity contribution in [2.24, 2.45) is 0 Å². The third-order valence-corrected chi connectivity index (χ3v) is 8.40. The zero-order valence-electron chi connectivity index (χ0n) is 16.5. The summed E-state index contributed by atoms with van der Waals surface area (Å²) in [5.41, 5.74) is 1.95. The van der Waals surface area contributed by atoms with Gasteiger partial charge in [-0.1, -0.05) is 38.1 Å². The molecule has 0 aliphatic carbocycles. The van der Waals surface area contributed by atoms with Crippen LogP contribution in [0.25, 0.3) is 0 Å². The fraction of sp³-hybridized carbons (Fsp3) is 0.450. The molecule has 1 amide bonds. The molecule has 1 fully saturated rings. The van der Waals surface area contributed by atoms with Crippen LogP contribution in [0.2, 0.25) is 0 Å². The molecule has 28 heavy (non-hydrogen) atoms. The third-order valence-electron chi connectivity index (χ3n) is 5.13. The zero-order valence-corrected chi connectivity index (χ0v) is 18.1.